The highest BCUT2D eigenvalue weighted by atomic mass is 16.1. The third kappa shape index (κ3) is 1.49. The van der Waals surface area contributed by atoms with Crippen LogP contribution in [0.5, 0.6) is 0 Å². The van der Waals surface area contributed by atoms with Crippen LogP contribution < -0.4 is 5.32 Å². The molecule has 2 rings (SSSR count). The van der Waals surface area contributed by atoms with Crippen LogP contribution in [0.4, 0.5) is 5.82 Å². The molecule has 0 fully saturated rings. The van der Waals surface area contributed by atoms with Crippen molar-refractivity contribution < 1.29 is 4.79 Å². The third-order valence-electron chi connectivity index (χ3n) is 1.56. The van der Waals surface area contributed by atoms with Crippen molar-refractivity contribution in [2.75, 3.05) is 5.32 Å². The van der Waals surface area contributed by atoms with Gasteiger partial charge in [0.25, 0.3) is 0 Å². The first-order valence-corrected chi connectivity index (χ1v) is 3.96. The lowest BCUT2D eigenvalue weighted by molar-refractivity contribution is -0.114. The molecule has 1 N–H and O–H groups in total. The smallest absolute Gasteiger partial charge is 0.222 e. The molecule has 2 aromatic rings. The molecule has 2 aromatic heterocycles. The van der Waals surface area contributed by atoms with Crippen molar-refractivity contribution in [3.05, 3.63) is 18.7 Å². The van der Waals surface area contributed by atoms with Crippen LogP contribution in [0.25, 0.3) is 11.2 Å². The number of rotatable bonds is 1. The molecule has 14 heavy (non-hydrogen) atoms. The lowest BCUT2D eigenvalue weighted by Crippen LogP contribution is -2.08. The molecular weight excluding hydrogens is 182 g/mol. The zero-order valence-corrected chi connectivity index (χ0v) is 7.43. The average molecular weight is 189 g/mol. The van der Waals surface area contributed by atoms with E-state index < -0.39 is 0 Å². The summed E-state index contributed by atoms with van der Waals surface area (Å²) >= 11 is 0. The van der Waals surface area contributed by atoms with Crippen molar-refractivity contribution in [3.63, 3.8) is 0 Å². The second-order valence-corrected chi connectivity index (χ2v) is 2.63. The molecular formula is C8H7N5O. The Hall–Kier alpha value is -2.11. The molecule has 0 aliphatic heterocycles. The van der Waals surface area contributed by atoms with Gasteiger partial charge in [-0.25, -0.2) is 19.9 Å². The normalized spacial score (nSPS) is 10.1. The topological polar surface area (TPSA) is 80.7 Å². The van der Waals surface area contributed by atoms with Crippen molar-refractivity contribution in [1.82, 2.24) is 19.9 Å². The zero-order chi connectivity index (χ0) is 9.97. The highest BCUT2D eigenvalue weighted by Gasteiger charge is 2.05. The molecule has 2 heterocycles. The Bertz CT molecular complexity index is 479. The molecule has 6 heteroatoms. The molecule has 0 saturated carbocycles. The summed E-state index contributed by atoms with van der Waals surface area (Å²) in [4.78, 5) is 26.7. The second-order valence-electron chi connectivity index (χ2n) is 2.63. The van der Waals surface area contributed by atoms with Crippen LogP contribution in [0.15, 0.2) is 18.7 Å². The first-order chi connectivity index (χ1) is 6.77. The van der Waals surface area contributed by atoms with E-state index in [1.807, 2.05) is 0 Å². The average Bonchev–Trinajstić information content (AvgIpc) is 2.18. The number of fused-ring (bicyclic) bond motifs is 1. The van der Waals surface area contributed by atoms with E-state index in [9.17, 15) is 4.79 Å². The van der Waals surface area contributed by atoms with Crippen molar-refractivity contribution in [2.45, 2.75) is 6.92 Å². The Morgan fingerprint density at radius 1 is 1.21 bits per heavy atom. The van der Waals surface area contributed by atoms with E-state index in [0.717, 1.165) is 0 Å². The zero-order valence-electron chi connectivity index (χ0n) is 7.43. The fraction of sp³-hybridized carbons (Fsp3) is 0.125. The molecule has 0 aromatic carbocycles. The van der Waals surface area contributed by atoms with E-state index in [1.165, 1.54) is 25.6 Å². The number of anilines is 1. The minimum Gasteiger partial charge on any atom is -0.309 e. The molecule has 70 valence electrons. The van der Waals surface area contributed by atoms with Crippen LogP contribution in [0.1, 0.15) is 6.92 Å². The highest BCUT2D eigenvalue weighted by Crippen LogP contribution is 2.12. The van der Waals surface area contributed by atoms with Crippen LogP contribution in [-0.2, 0) is 4.79 Å². The van der Waals surface area contributed by atoms with E-state index >= 15 is 0 Å². The van der Waals surface area contributed by atoms with Gasteiger partial charge in [0.15, 0.2) is 17.0 Å². The summed E-state index contributed by atoms with van der Waals surface area (Å²) < 4.78 is 0. The van der Waals surface area contributed by atoms with Crippen molar-refractivity contribution in [1.29, 1.82) is 0 Å². The van der Waals surface area contributed by atoms with E-state index in [2.05, 4.69) is 25.3 Å². The maximum atomic E-state index is 10.8. The standard InChI is InChI=1S/C8H7N5O/c1-5(14)13-8-6-7(11-4-12-8)10-3-2-9-6/h2-4H,1H3,(H,10,11,12,13,14). The molecule has 1 amide bonds. The maximum Gasteiger partial charge on any atom is 0.222 e. The third-order valence-corrected chi connectivity index (χ3v) is 1.56. The van der Waals surface area contributed by atoms with Crippen molar-refractivity contribution >= 4 is 22.9 Å². The molecule has 0 atom stereocenters. The Morgan fingerprint density at radius 2 is 2.00 bits per heavy atom. The number of carbonyl (C=O) groups excluding carboxylic acids is 1. The fourth-order valence-electron chi connectivity index (χ4n) is 1.05. The Kier molecular flexibility index (Phi) is 2.02. The fourth-order valence-corrected chi connectivity index (χ4v) is 1.05. The molecule has 0 radical (unpaired) electrons. The SMILES string of the molecule is CC(=O)Nc1ncnc2nccnc12. The number of hydrogen-bond acceptors (Lipinski definition) is 5. The largest absolute Gasteiger partial charge is 0.309 e. The first kappa shape index (κ1) is 8.49. The van der Waals surface area contributed by atoms with Crippen LogP contribution in [0.3, 0.4) is 0 Å². The molecule has 6 nitrogen and oxygen atoms in total. The Balaban J connectivity index is 2.59. The summed E-state index contributed by atoms with van der Waals surface area (Å²) in [5, 5.41) is 2.56. The van der Waals surface area contributed by atoms with Crippen molar-refractivity contribution in [3.8, 4) is 0 Å². The number of hydrogen-bond donors (Lipinski definition) is 1. The molecule has 0 saturated heterocycles. The second kappa shape index (κ2) is 3.33. The number of carbonyl (C=O) groups is 1. The van der Waals surface area contributed by atoms with E-state index in [4.69, 9.17) is 0 Å². The number of nitrogens with one attached hydrogen (secondary N) is 1. The van der Waals surface area contributed by atoms with E-state index in [1.54, 1.807) is 0 Å². The van der Waals surface area contributed by atoms with Crippen LogP contribution in [-0.4, -0.2) is 25.8 Å². The monoisotopic (exact) mass is 189 g/mol. The van der Waals surface area contributed by atoms with Gasteiger partial charge in [-0.05, 0) is 0 Å². The maximum absolute atomic E-state index is 10.8. The molecule has 0 unspecified atom stereocenters. The van der Waals surface area contributed by atoms with Gasteiger partial charge in [0, 0.05) is 19.3 Å². The minimum atomic E-state index is -0.198. The van der Waals surface area contributed by atoms with Crippen molar-refractivity contribution in [2.24, 2.45) is 0 Å². The van der Waals surface area contributed by atoms with Gasteiger partial charge in [0.2, 0.25) is 5.91 Å². The van der Waals surface area contributed by atoms with Gasteiger partial charge in [-0.15, -0.1) is 0 Å². The molecule has 0 aliphatic rings. The van der Waals surface area contributed by atoms with Gasteiger partial charge in [0.05, 0.1) is 0 Å². The quantitative estimate of drug-likeness (QED) is 0.701. The van der Waals surface area contributed by atoms with Gasteiger partial charge in [-0.2, -0.15) is 0 Å². The van der Waals surface area contributed by atoms with Gasteiger partial charge in [-0.1, -0.05) is 0 Å². The van der Waals surface area contributed by atoms with Gasteiger partial charge in [0.1, 0.15) is 6.33 Å². The van der Waals surface area contributed by atoms with Gasteiger partial charge in [-0.3, -0.25) is 4.79 Å². The molecule has 0 spiro atoms. The van der Waals surface area contributed by atoms with E-state index in [0.29, 0.717) is 17.0 Å². The summed E-state index contributed by atoms with van der Waals surface area (Å²) in [6.07, 6.45) is 4.40. The number of nitrogens with zero attached hydrogens (tertiary/aromatic N) is 4. The molecule has 0 aliphatic carbocycles. The highest BCUT2D eigenvalue weighted by molar-refractivity contribution is 5.95. The van der Waals surface area contributed by atoms with Gasteiger partial charge >= 0.3 is 0 Å². The lowest BCUT2D eigenvalue weighted by atomic mass is 10.4. The Morgan fingerprint density at radius 3 is 2.79 bits per heavy atom. The predicted octanol–water partition coefficient (Wildman–Crippen LogP) is 0.378. The molecule has 0 bridgehead atoms. The number of aromatic nitrogens is 4. The predicted molar refractivity (Wildman–Crippen MR) is 49.4 cm³/mol. The van der Waals surface area contributed by atoms with Gasteiger partial charge < -0.3 is 5.32 Å². The summed E-state index contributed by atoms with van der Waals surface area (Å²) in [7, 11) is 0. The summed E-state index contributed by atoms with van der Waals surface area (Å²) in [6, 6.07) is 0. The summed E-state index contributed by atoms with van der Waals surface area (Å²) in [6.45, 7) is 1.41. The van der Waals surface area contributed by atoms with Crippen LogP contribution in [0, 0.1) is 0 Å². The van der Waals surface area contributed by atoms with Crippen LogP contribution in [0.2, 0.25) is 0 Å². The minimum absolute atomic E-state index is 0.198. The number of amides is 1. The lowest BCUT2D eigenvalue weighted by Gasteiger charge is -2.02. The Labute approximate surface area is 79.4 Å². The summed E-state index contributed by atoms with van der Waals surface area (Å²) in [5.74, 6) is 0.186. The van der Waals surface area contributed by atoms with E-state index in [-0.39, 0.29) is 5.91 Å². The van der Waals surface area contributed by atoms with Crippen LogP contribution >= 0.6 is 0 Å². The summed E-state index contributed by atoms with van der Waals surface area (Å²) in [5.41, 5.74) is 0.955. The first-order valence-electron chi connectivity index (χ1n) is 3.96.